The number of likely N-dealkylation sites (tertiary alicyclic amines) is 1. The maximum atomic E-state index is 4.07. The van der Waals surface area contributed by atoms with E-state index in [1.807, 2.05) is 12.4 Å². The van der Waals surface area contributed by atoms with Crippen LogP contribution in [0.1, 0.15) is 18.9 Å². The summed E-state index contributed by atoms with van der Waals surface area (Å²) < 4.78 is 2.44. The first kappa shape index (κ1) is 18.2. The minimum absolute atomic E-state index is 0.665. The fraction of sp³-hybridized carbons (Fsp3) is 0.320. The van der Waals surface area contributed by atoms with Crippen molar-refractivity contribution >= 4 is 10.9 Å². The van der Waals surface area contributed by atoms with E-state index in [1.54, 1.807) is 0 Å². The summed E-state index contributed by atoms with van der Waals surface area (Å²) in [5.41, 5.74) is 5.12. The largest absolute Gasteiger partial charge is 0.347 e. The number of fused-ring (bicyclic) bond motifs is 1. The molecule has 0 unspecified atom stereocenters. The fourth-order valence-corrected chi connectivity index (χ4v) is 4.80. The van der Waals surface area contributed by atoms with Gasteiger partial charge < -0.3 is 4.57 Å². The standard InChI is InChI=1S/C25H28N4/c1-19-13-21(17-28(19)11-9-20-5-3-2-4-6-20)18-29-12-10-23-14-22(7-8-25(23)29)24-15-26-27-16-24/h2-8,10,12,14-16,19,21H,9,11,13,17-18H2,1H3,(H,26,27)/t19-,21-/m0/s1. The Kier molecular flexibility index (Phi) is 4.94. The highest BCUT2D eigenvalue weighted by Crippen LogP contribution is 2.28. The van der Waals surface area contributed by atoms with E-state index in [0.29, 0.717) is 12.0 Å². The summed E-state index contributed by atoms with van der Waals surface area (Å²) in [5.74, 6) is 0.713. The Hall–Kier alpha value is -2.85. The van der Waals surface area contributed by atoms with E-state index in [9.17, 15) is 0 Å². The molecule has 2 aromatic carbocycles. The van der Waals surface area contributed by atoms with Crippen molar-refractivity contribution in [1.29, 1.82) is 0 Å². The Morgan fingerprint density at radius 1 is 1.07 bits per heavy atom. The molecule has 1 aliphatic heterocycles. The first-order valence-corrected chi connectivity index (χ1v) is 10.6. The van der Waals surface area contributed by atoms with Gasteiger partial charge in [0.2, 0.25) is 0 Å². The van der Waals surface area contributed by atoms with Gasteiger partial charge in [-0.1, -0.05) is 36.4 Å². The molecular formula is C25H28N4. The van der Waals surface area contributed by atoms with Gasteiger partial charge in [0.1, 0.15) is 0 Å². The molecule has 1 N–H and O–H groups in total. The SMILES string of the molecule is C[C@H]1C[C@H](Cn2ccc3cc(-c4cn[nH]c4)ccc32)CN1CCc1ccccc1. The zero-order chi connectivity index (χ0) is 19.6. The highest BCUT2D eigenvalue weighted by atomic mass is 15.2. The quantitative estimate of drug-likeness (QED) is 0.509. The third kappa shape index (κ3) is 3.85. The first-order chi connectivity index (χ1) is 14.3. The molecule has 2 aromatic heterocycles. The number of aromatic nitrogens is 3. The van der Waals surface area contributed by atoms with Crippen LogP contribution in [0.4, 0.5) is 0 Å². The Morgan fingerprint density at radius 3 is 2.79 bits per heavy atom. The molecule has 5 rings (SSSR count). The smallest absolute Gasteiger partial charge is 0.0565 e. The number of aromatic amines is 1. The van der Waals surface area contributed by atoms with Gasteiger partial charge in [0.25, 0.3) is 0 Å². The van der Waals surface area contributed by atoms with Crippen LogP contribution in [0.15, 0.2) is 73.2 Å². The van der Waals surface area contributed by atoms with E-state index < -0.39 is 0 Å². The molecular weight excluding hydrogens is 356 g/mol. The minimum Gasteiger partial charge on any atom is -0.347 e. The minimum atomic E-state index is 0.665. The first-order valence-electron chi connectivity index (χ1n) is 10.6. The van der Waals surface area contributed by atoms with Crippen LogP contribution < -0.4 is 0 Å². The second-order valence-electron chi connectivity index (χ2n) is 8.41. The van der Waals surface area contributed by atoms with Crippen molar-refractivity contribution in [3.63, 3.8) is 0 Å². The molecule has 0 bridgehead atoms. The molecule has 148 valence electrons. The van der Waals surface area contributed by atoms with Crippen molar-refractivity contribution in [2.45, 2.75) is 32.4 Å². The lowest BCUT2D eigenvalue weighted by Gasteiger charge is -2.21. The van der Waals surface area contributed by atoms with Crippen LogP contribution in [0.25, 0.3) is 22.0 Å². The van der Waals surface area contributed by atoms with Crippen LogP contribution in [0.3, 0.4) is 0 Å². The molecule has 1 aliphatic rings. The molecule has 4 nitrogen and oxygen atoms in total. The predicted octanol–water partition coefficient (Wildman–Crippen LogP) is 4.98. The Balaban J connectivity index is 1.25. The van der Waals surface area contributed by atoms with Crippen molar-refractivity contribution < 1.29 is 0 Å². The summed E-state index contributed by atoms with van der Waals surface area (Å²) >= 11 is 0. The van der Waals surface area contributed by atoms with Crippen molar-refractivity contribution in [2.24, 2.45) is 5.92 Å². The number of nitrogens with one attached hydrogen (secondary N) is 1. The van der Waals surface area contributed by atoms with Gasteiger partial charge in [-0.2, -0.15) is 5.10 Å². The Bertz CT molecular complexity index is 1060. The zero-order valence-corrected chi connectivity index (χ0v) is 17.0. The molecule has 0 aliphatic carbocycles. The molecule has 2 atom stereocenters. The van der Waals surface area contributed by atoms with Crippen LogP contribution in [0, 0.1) is 5.92 Å². The van der Waals surface area contributed by atoms with Crippen LogP contribution in [0.5, 0.6) is 0 Å². The van der Waals surface area contributed by atoms with Gasteiger partial charge in [-0.05, 0) is 55.0 Å². The van der Waals surface area contributed by atoms with E-state index in [2.05, 4.69) is 87.4 Å². The second kappa shape index (κ2) is 7.88. The number of benzene rings is 2. The molecule has 1 saturated heterocycles. The van der Waals surface area contributed by atoms with Crippen molar-refractivity contribution in [2.75, 3.05) is 13.1 Å². The molecule has 0 saturated carbocycles. The molecule has 3 heterocycles. The number of H-pyrrole nitrogens is 1. The molecule has 4 aromatic rings. The normalized spacial score (nSPS) is 19.9. The highest BCUT2D eigenvalue weighted by molar-refractivity contribution is 5.85. The second-order valence-corrected chi connectivity index (χ2v) is 8.41. The van der Waals surface area contributed by atoms with Crippen molar-refractivity contribution in [1.82, 2.24) is 19.7 Å². The average molecular weight is 385 g/mol. The van der Waals surface area contributed by atoms with Crippen LogP contribution in [-0.4, -0.2) is 38.8 Å². The summed E-state index contributed by atoms with van der Waals surface area (Å²) in [6.45, 7) is 5.83. The maximum absolute atomic E-state index is 4.07. The van der Waals surface area contributed by atoms with E-state index >= 15 is 0 Å². The molecule has 29 heavy (non-hydrogen) atoms. The van der Waals surface area contributed by atoms with Gasteiger partial charge in [-0.15, -0.1) is 0 Å². The summed E-state index contributed by atoms with van der Waals surface area (Å²) in [4.78, 5) is 2.67. The van der Waals surface area contributed by atoms with Crippen molar-refractivity contribution in [3.05, 3.63) is 78.8 Å². The number of nitrogens with zero attached hydrogens (tertiary/aromatic N) is 3. The van der Waals surface area contributed by atoms with Gasteiger partial charge >= 0.3 is 0 Å². The van der Waals surface area contributed by atoms with Gasteiger partial charge in [0.05, 0.1) is 6.20 Å². The lowest BCUT2D eigenvalue weighted by molar-refractivity contribution is 0.265. The average Bonchev–Trinajstić information content (AvgIpc) is 3.48. The third-order valence-electron chi connectivity index (χ3n) is 6.38. The summed E-state index contributed by atoms with van der Waals surface area (Å²) in [5, 5.41) is 8.27. The van der Waals surface area contributed by atoms with Crippen LogP contribution >= 0.6 is 0 Å². The summed E-state index contributed by atoms with van der Waals surface area (Å²) in [6, 6.07) is 20.5. The van der Waals surface area contributed by atoms with E-state index in [0.717, 1.165) is 25.1 Å². The van der Waals surface area contributed by atoms with E-state index in [4.69, 9.17) is 0 Å². The number of hydrogen-bond donors (Lipinski definition) is 1. The van der Waals surface area contributed by atoms with Crippen LogP contribution in [0.2, 0.25) is 0 Å². The van der Waals surface area contributed by atoms with Crippen molar-refractivity contribution in [3.8, 4) is 11.1 Å². The van der Waals surface area contributed by atoms with Crippen LogP contribution in [-0.2, 0) is 13.0 Å². The van der Waals surface area contributed by atoms with Gasteiger partial charge in [-0.3, -0.25) is 10.00 Å². The van der Waals surface area contributed by atoms with Gasteiger partial charge in [0, 0.05) is 54.5 Å². The molecule has 0 radical (unpaired) electrons. The zero-order valence-electron chi connectivity index (χ0n) is 17.0. The monoisotopic (exact) mass is 384 g/mol. The number of hydrogen-bond acceptors (Lipinski definition) is 2. The molecule has 4 heteroatoms. The third-order valence-corrected chi connectivity index (χ3v) is 6.38. The Morgan fingerprint density at radius 2 is 1.97 bits per heavy atom. The maximum Gasteiger partial charge on any atom is 0.0565 e. The Labute approximate surface area is 172 Å². The van der Waals surface area contributed by atoms with Gasteiger partial charge in [-0.25, -0.2) is 0 Å². The lowest BCUT2D eigenvalue weighted by atomic mass is 10.1. The van der Waals surface area contributed by atoms with Gasteiger partial charge in [0.15, 0.2) is 0 Å². The highest BCUT2D eigenvalue weighted by Gasteiger charge is 2.28. The van der Waals surface area contributed by atoms with E-state index in [1.165, 1.54) is 35.0 Å². The fourth-order valence-electron chi connectivity index (χ4n) is 4.80. The number of rotatable bonds is 6. The predicted molar refractivity (Wildman–Crippen MR) is 119 cm³/mol. The lowest BCUT2D eigenvalue weighted by Crippen LogP contribution is -2.29. The summed E-state index contributed by atoms with van der Waals surface area (Å²) in [7, 11) is 0. The topological polar surface area (TPSA) is 36.9 Å². The molecule has 0 spiro atoms. The molecule has 1 fully saturated rings. The summed E-state index contributed by atoms with van der Waals surface area (Å²) in [6.07, 6.45) is 8.49. The molecule has 0 amide bonds. The van der Waals surface area contributed by atoms with E-state index in [-0.39, 0.29) is 0 Å².